The Hall–Kier alpha value is -0.920. The average Bonchev–Trinajstić information content (AvgIpc) is 2.65. The van der Waals surface area contributed by atoms with E-state index in [0.29, 0.717) is 6.54 Å². The van der Waals surface area contributed by atoms with Crippen molar-refractivity contribution in [3.8, 4) is 0 Å². The van der Waals surface area contributed by atoms with Gasteiger partial charge in [-0.05, 0) is 12.0 Å². The molecule has 0 saturated carbocycles. The molecular formula is C8H16N4O2S. The highest BCUT2D eigenvalue weighted by Crippen LogP contribution is 1.93. The molecule has 7 heteroatoms. The molecule has 0 aliphatic heterocycles. The van der Waals surface area contributed by atoms with Crippen molar-refractivity contribution in [2.45, 2.75) is 20.4 Å². The zero-order valence-electron chi connectivity index (χ0n) is 8.82. The van der Waals surface area contributed by atoms with Crippen molar-refractivity contribution in [2.75, 3.05) is 6.54 Å². The fraction of sp³-hybridized carbons (Fsp3) is 0.625. The first-order valence-corrected chi connectivity index (χ1v) is 6.20. The summed E-state index contributed by atoms with van der Waals surface area (Å²) in [6.07, 6.45) is 1.57. The van der Waals surface area contributed by atoms with Crippen LogP contribution in [-0.2, 0) is 16.8 Å². The number of H-pyrrole nitrogens is 1. The van der Waals surface area contributed by atoms with Crippen LogP contribution in [0.1, 0.15) is 19.5 Å². The van der Waals surface area contributed by atoms with Gasteiger partial charge in [0.05, 0.1) is 12.2 Å². The van der Waals surface area contributed by atoms with Gasteiger partial charge < -0.3 is 0 Å². The van der Waals surface area contributed by atoms with Crippen molar-refractivity contribution >= 4 is 10.2 Å². The average molecular weight is 232 g/mol. The number of hydrogen-bond donors (Lipinski definition) is 3. The number of nitrogens with one attached hydrogen (secondary N) is 3. The third-order valence-corrected chi connectivity index (χ3v) is 2.76. The Labute approximate surface area is 89.6 Å². The molecule has 0 aliphatic rings. The Morgan fingerprint density at radius 3 is 2.73 bits per heavy atom. The number of rotatable bonds is 6. The van der Waals surface area contributed by atoms with Crippen LogP contribution in [0.5, 0.6) is 0 Å². The highest BCUT2D eigenvalue weighted by molar-refractivity contribution is 7.87. The van der Waals surface area contributed by atoms with Gasteiger partial charge in [0.2, 0.25) is 0 Å². The molecule has 1 aromatic rings. The van der Waals surface area contributed by atoms with Gasteiger partial charge in [0.15, 0.2) is 0 Å². The second-order valence-corrected chi connectivity index (χ2v) is 5.23. The maximum atomic E-state index is 11.4. The molecule has 15 heavy (non-hydrogen) atoms. The molecular weight excluding hydrogens is 216 g/mol. The molecule has 0 radical (unpaired) electrons. The third-order valence-electron chi connectivity index (χ3n) is 1.69. The second-order valence-electron chi connectivity index (χ2n) is 3.65. The van der Waals surface area contributed by atoms with E-state index in [2.05, 4.69) is 19.6 Å². The molecule has 0 fully saturated rings. The summed E-state index contributed by atoms with van der Waals surface area (Å²) in [5.41, 5.74) is 0.727. The SMILES string of the molecule is CC(C)CNS(=O)(=O)NCc1ccn[nH]1. The lowest BCUT2D eigenvalue weighted by Gasteiger charge is -2.08. The zero-order valence-corrected chi connectivity index (χ0v) is 9.63. The highest BCUT2D eigenvalue weighted by atomic mass is 32.2. The number of aromatic nitrogens is 2. The molecule has 0 aliphatic carbocycles. The van der Waals surface area contributed by atoms with Crippen LogP contribution in [-0.4, -0.2) is 25.2 Å². The summed E-state index contributed by atoms with van der Waals surface area (Å²) < 4.78 is 27.6. The van der Waals surface area contributed by atoms with Crippen LogP contribution < -0.4 is 9.44 Å². The van der Waals surface area contributed by atoms with E-state index in [0.717, 1.165) is 5.69 Å². The van der Waals surface area contributed by atoms with E-state index in [-0.39, 0.29) is 12.5 Å². The fourth-order valence-corrected chi connectivity index (χ4v) is 1.88. The van der Waals surface area contributed by atoms with Crippen molar-refractivity contribution in [1.29, 1.82) is 0 Å². The van der Waals surface area contributed by atoms with Crippen molar-refractivity contribution in [3.63, 3.8) is 0 Å². The molecule has 3 N–H and O–H groups in total. The summed E-state index contributed by atoms with van der Waals surface area (Å²) >= 11 is 0. The molecule has 1 rings (SSSR count). The molecule has 0 spiro atoms. The van der Waals surface area contributed by atoms with Crippen molar-refractivity contribution < 1.29 is 8.42 Å². The van der Waals surface area contributed by atoms with Gasteiger partial charge in [-0.3, -0.25) is 5.10 Å². The quantitative estimate of drug-likeness (QED) is 0.644. The second kappa shape index (κ2) is 5.24. The minimum absolute atomic E-state index is 0.216. The molecule has 0 saturated heterocycles. The minimum Gasteiger partial charge on any atom is -0.281 e. The van der Waals surface area contributed by atoms with E-state index >= 15 is 0 Å². The van der Waals surface area contributed by atoms with E-state index in [1.807, 2.05) is 13.8 Å². The van der Waals surface area contributed by atoms with E-state index < -0.39 is 10.2 Å². The van der Waals surface area contributed by atoms with Crippen LogP contribution in [0.3, 0.4) is 0 Å². The van der Waals surface area contributed by atoms with Gasteiger partial charge in [0.1, 0.15) is 0 Å². The monoisotopic (exact) mass is 232 g/mol. The molecule has 0 unspecified atom stereocenters. The Morgan fingerprint density at radius 2 is 2.20 bits per heavy atom. The van der Waals surface area contributed by atoms with Crippen LogP contribution in [0.4, 0.5) is 0 Å². The first-order chi connectivity index (χ1) is 6.99. The fourth-order valence-electron chi connectivity index (χ4n) is 0.883. The summed E-state index contributed by atoms with van der Waals surface area (Å²) in [7, 11) is -3.40. The summed E-state index contributed by atoms with van der Waals surface area (Å²) in [5, 5.41) is 6.39. The predicted octanol–water partition coefficient (Wildman–Crippen LogP) is -0.0103. The highest BCUT2D eigenvalue weighted by Gasteiger charge is 2.09. The molecule has 1 aromatic heterocycles. The van der Waals surface area contributed by atoms with Crippen LogP contribution in [0.15, 0.2) is 12.3 Å². The van der Waals surface area contributed by atoms with Crippen LogP contribution >= 0.6 is 0 Å². The van der Waals surface area contributed by atoms with Crippen molar-refractivity contribution in [3.05, 3.63) is 18.0 Å². The lowest BCUT2D eigenvalue weighted by atomic mass is 10.2. The number of aromatic amines is 1. The van der Waals surface area contributed by atoms with Gasteiger partial charge in [-0.15, -0.1) is 0 Å². The Kier molecular flexibility index (Phi) is 4.25. The van der Waals surface area contributed by atoms with Gasteiger partial charge in [-0.25, -0.2) is 4.72 Å². The van der Waals surface area contributed by atoms with Gasteiger partial charge >= 0.3 is 0 Å². The van der Waals surface area contributed by atoms with Gasteiger partial charge in [-0.1, -0.05) is 13.8 Å². The van der Waals surface area contributed by atoms with E-state index in [9.17, 15) is 8.42 Å². The smallest absolute Gasteiger partial charge is 0.277 e. The largest absolute Gasteiger partial charge is 0.281 e. The first-order valence-electron chi connectivity index (χ1n) is 4.72. The lowest BCUT2D eigenvalue weighted by molar-refractivity contribution is 0.546. The molecule has 86 valence electrons. The summed E-state index contributed by atoms with van der Waals surface area (Å²) in [5.74, 6) is 0.286. The molecule has 6 nitrogen and oxygen atoms in total. The Bertz CT molecular complexity index is 371. The first kappa shape index (κ1) is 12.2. The van der Waals surface area contributed by atoms with Crippen LogP contribution in [0, 0.1) is 5.92 Å². The molecule has 0 amide bonds. The van der Waals surface area contributed by atoms with Crippen molar-refractivity contribution in [2.24, 2.45) is 5.92 Å². The maximum absolute atomic E-state index is 11.4. The normalized spacial score (nSPS) is 12.2. The number of nitrogens with zero attached hydrogens (tertiary/aromatic N) is 1. The van der Waals surface area contributed by atoms with E-state index in [4.69, 9.17) is 0 Å². The predicted molar refractivity (Wildman–Crippen MR) is 57.2 cm³/mol. The summed E-state index contributed by atoms with van der Waals surface area (Å²) in [4.78, 5) is 0. The number of hydrogen-bond acceptors (Lipinski definition) is 3. The third kappa shape index (κ3) is 4.91. The maximum Gasteiger partial charge on any atom is 0.277 e. The zero-order chi connectivity index (χ0) is 11.3. The van der Waals surface area contributed by atoms with Crippen molar-refractivity contribution in [1.82, 2.24) is 19.6 Å². The standard InChI is InChI=1S/C8H16N4O2S/c1-7(2)5-10-15(13,14)11-6-8-3-4-9-12-8/h3-4,7,10-11H,5-6H2,1-2H3,(H,9,12). The molecule has 0 aromatic carbocycles. The minimum atomic E-state index is -3.40. The van der Waals surface area contributed by atoms with E-state index in [1.165, 1.54) is 0 Å². The molecule has 0 atom stereocenters. The van der Waals surface area contributed by atoms with E-state index in [1.54, 1.807) is 12.3 Å². The Balaban J connectivity index is 2.37. The molecule has 1 heterocycles. The van der Waals surface area contributed by atoms with Crippen LogP contribution in [0.25, 0.3) is 0 Å². The molecule has 0 bridgehead atoms. The lowest BCUT2D eigenvalue weighted by Crippen LogP contribution is -2.38. The van der Waals surface area contributed by atoms with Gasteiger partial charge in [0.25, 0.3) is 10.2 Å². The van der Waals surface area contributed by atoms with Gasteiger partial charge in [0, 0.05) is 12.7 Å². The van der Waals surface area contributed by atoms with Gasteiger partial charge in [-0.2, -0.15) is 18.2 Å². The summed E-state index contributed by atoms with van der Waals surface area (Å²) in [6, 6.07) is 1.71. The van der Waals surface area contributed by atoms with Crippen LogP contribution in [0.2, 0.25) is 0 Å². The summed E-state index contributed by atoms with van der Waals surface area (Å²) in [6.45, 7) is 4.53. The Morgan fingerprint density at radius 1 is 1.47 bits per heavy atom. The topological polar surface area (TPSA) is 86.9 Å².